The van der Waals surface area contributed by atoms with Crippen molar-refractivity contribution >= 4 is 15.9 Å². The molecule has 1 fully saturated rings. The second-order valence-corrected chi connectivity index (χ2v) is 8.44. The van der Waals surface area contributed by atoms with Gasteiger partial charge in [-0.2, -0.15) is 4.31 Å². The van der Waals surface area contributed by atoms with Gasteiger partial charge >= 0.3 is 0 Å². The van der Waals surface area contributed by atoms with E-state index in [2.05, 4.69) is 0 Å². The van der Waals surface area contributed by atoms with E-state index in [0.717, 1.165) is 25.7 Å². The highest BCUT2D eigenvalue weighted by molar-refractivity contribution is 7.89. The maximum absolute atomic E-state index is 12.8. The highest BCUT2D eigenvalue weighted by atomic mass is 32.2. The molecule has 1 N–H and O–H groups in total. The minimum absolute atomic E-state index is 0.0557. The molecule has 0 aliphatic heterocycles. The van der Waals surface area contributed by atoms with Crippen LogP contribution in [0.1, 0.15) is 49.4 Å². The molecule has 6 nitrogen and oxygen atoms in total. The average molecular weight is 368 g/mol. The Bertz CT molecular complexity index is 667. The third kappa shape index (κ3) is 4.59. The van der Waals surface area contributed by atoms with Gasteiger partial charge in [0.25, 0.3) is 5.91 Å². The highest BCUT2D eigenvalue weighted by Crippen LogP contribution is 2.26. The lowest BCUT2D eigenvalue weighted by Gasteiger charge is -2.30. The number of sulfonamides is 1. The second kappa shape index (κ2) is 8.78. The number of hydrogen-bond acceptors (Lipinski definition) is 4. The largest absolute Gasteiger partial charge is 0.395 e. The van der Waals surface area contributed by atoms with Crippen molar-refractivity contribution in [3.05, 3.63) is 29.8 Å². The molecule has 0 atom stereocenters. The Balaban J connectivity index is 2.16. The van der Waals surface area contributed by atoms with Crippen LogP contribution in [0.2, 0.25) is 0 Å². The molecule has 1 saturated carbocycles. The summed E-state index contributed by atoms with van der Waals surface area (Å²) in [7, 11) is -1.91. The van der Waals surface area contributed by atoms with Gasteiger partial charge in [-0.05, 0) is 44.0 Å². The van der Waals surface area contributed by atoms with Crippen LogP contribution in [-0.4, -0.2) is 61.4 Å². The molecule has 0 spiro atoms. The Morgan fingerprint density at radius 2 is 1.76 bits per heavy atom. The molecule has 0 aromatic heterocycles. The van der Waals surface area contributed by atoms with Gasteiger partial charge < -0.3 is 10.0 Å². The van der Waals surface area contributed by atoms with E-state index in [0.29, 0.717) is 12.1 Å². The molecule has 1 aliphatic carbocycles. The molecule has 1 aliphatic rings. The number of carbonyl (C=O) groups excluding carboxylic acids is 1. The first-order valence-electron chi connectivity index (χ1n) is 8.90. The van der Waals surface area contributed by atoms with Crippen LogP contribution in [0.3, 0.4) is 0 Å². The monoisotopic (exact) mass is 368 g/mol. The van der Waals surface area contributed by atoms with Crippen LogP contribution < -0.4 is 0 Å². The Morgan fingerprint density at radius 3 is 2.28 bits per heavy atom. The van der Waals surface area contributed by atoms with Crippen LogP contribution in [0.15, 0.2) is 29.2 Å². The Morgan fingerprint density at radius 1 is 1.16 bits per heavy atom. The number of benzene rings is 1. The number of aliphatic hydroxyl groups is 1. The number of amides is 1. The van der Waals surface area contributed by atoms with Crippen LogP contribution in [-0.2, 0) is 10.0 Å². The van der Waals surface area contributed by atoms with Crippen molar-refractivity contribution in [1.29, 1.82) is 0 Å². The van der Waals surface area contributed by atoms with Crippen LogP contribution in [0, 0.1) is 0 Å². The van der Waals surface area contributed by atoms with Gasteiger partial charge in [0.05, 0.1) is 11.5 Å². The molecule has 0 heterocycles. The molecule has 1 amide bonds. The zero-order valence-electron chi connectivity index (χ0n) is 15.0. The molecule has 0 radical (unpaired) electrons. The summed E-state index contributed by atoms with van der Waals surface area (Å²) in [4.78, 5) is 14.1. The molecule has 1 aromatic rings. The number of rotatable bonds is 7. The summed E-state index contributed by atoms with van der Waals surface area (Å²) in [6, 6.07) is 6.14. The maximum atomic E-state index is 12.8. The predicted molar refractivity (Wildman–Crippen MR) is 96.9 cm³/mol. The third-order valence-electron chi connectivity index (χ3n) is 4.91. The molecule has 0 bridgehead atoms. The van der Waals surface area contributed by atoms with Gasteiger partial charge in [-0.1, -0.05) is 19.3 Å². The number of likely N-dealkylation sites (N-methyl/N-ethyl adjacent to an activating group) is 1. The first-order chi connectivity index (χ1) is 11.9. The van der Waals surface area contributed by atoms with E-state index < -0.39 is 10.0 Å². The standard InChI is InChI=1S/C18H28N2O4S/c1-3-20(13-14-21)18(22)15-9-11-17(12-10-15)25(23,24)19(2)16-7-5-4-6-8-16/h9-12,16,21H,3-8,13-14H2,1-2H3. The fourth-order valence-corrected chi connectivity index (χ4v) is 4.70. The number of hydrogen-bond donors (Lipinski definition) is 1. The first-order valence-corrected chi connectivity index (χ1v) is 10.3. The van der Waals surface area contributed by atoms with Gasteiger partial charge in [0.2, 0.25) is 10.0 Å². The number of carbonyl (C=O) groups is 1. The van der Waals surface area contributed by atoms with Crippen LogP contribution in [0.4, 0.5) is 0 Å². The van der Waals surface area contributed by atoms with Crippen molar-refractivity contribution in [2.75, 3.05) is 26.7 Å². The molecule has 2 rings (SSSR count). The minimum Gasteiger partial charge on any atom is -0.395 e. The van der Waals surface area contributed by atoms with E-state index in [1.165, 1.54) is 27.8 Å². The van der Waals surface area contributed by atoms with Gasteiger partial charge in [0.15, 0.2) is 0 Å². The van der Waals surface area contributed by atoms with E-state index in [-0.39, 0.29) is 30.0 Å². The summed E-state index contributed by atoms with van der Waals surface area (Å²) >= 11 is 0. The second-order valence-electron chi connectivity index (χ2n) is 6.45. The van der Waals surface area contributed by atoms with Crippen molar-refractivity contribution in [2.24, 2.45) is 0 Å². The Kier molecular flexibility index (Phi) is 6.98. The van der Waals surface area contributed by atoms with Crippen molar-refractivity contribution in [3.8, 4) is 0 Å². The molecule has 25 heavy (non-hydrogen) atoms. The van der Waals surface area contributed by atoms with Gasteiger partial charge in [-0.15, -0.1) is 0 Å². The fourth-order valence-electron chi connectivity index (χ4n) is 3.28. The summed E-state index contributed by atoms with van der Waals surface area (Å²) in [6.45, 7) is 2.49. The predicted octanol–water partition coefficient (Wildman–Crippen LogP) is 2.09. The lowest BCUT2D eigenvalue weighted by molar-refractivity contribution is 0.0732. The van der Waals surface area contributed by atoms with E-state index in [4.69, 9.17) is 5.11 Å². The topological polar surface area (TPSA) is 77.9 Å². The van der Waals surface area contributed by atoms with Gasteiger partial charge in [0.1, 0.15) is 0 Å². The molecule has 140 valence electrons. The van der Waals surface area contributed by atoms with E-state index in [1.807, 2.05) is 6.92 Å². The zero-order valence-corrected chi connectivity index (χ0v) is 15.8. The van der Waals surface area contributed by atoms with E-state index in [9.17, 15) is 13.2 Å². The average Bonchev–Trinajstić information content (AvgIpc) is 2.65. The van der Waals surface area contributed by atoms with E-state index in [1.54, 1.807) is 19.2 Å². The van der Waals surface area contributed by atoms with Crippen LogP contribution >= 0.6 is 0 Å². The van der Waals surface area contributed by atoms with Gasteiger partial charge in [0, 0.05) is 31.7 Å². The number of nitrogens with zero attached hydrogens (tertiary/aromatic N) is 2. The normalized spacial score (nSPS) is 16.2. The number of aliphatic hydroxyl groups excluding tert-OH is 1. The zero-order chi connectivity index (χ0) is 18.4. The van der Waals surface area contributed by atoms with Crippen LogP contribution in [0.25, 0.3) is 0 Å². The SMILES string of the molecule is CCN(CCO)C(=O)c1ccc(S(=O)(=O)N(C)C2CCCCC2)cc1. The smallest absolute Gasteiger partial charge is 0.253 e. The first kappa shape index (κ1) is 19.9. The van der Waals surface area contributed by atoms with Gasteiger partial charge in [-0.25, -0.2) is 8.42 Å². The van der Waals surface area contributed by atoms with Crippen molar-refractivity contribution in [2.45, 2.75) is 50.0 Å². The maximum Gasteiger partial charge on any atom is 0.253 e. The summed E-state index contributed by atoms with van der Waals surface area (Å²) in [5.41, 5.74) is 0.426. The van der Waals surface area contributed by atoms with Crippen molar-refractivity contribution in [1.82, 2.24) is 9.21 Å². The minimum atomic E-state index is -3.55. The quantitative estimate of drug-likeness (QED) is 0.799. The molecule has 7 heteroatoms. The lowest BCUT2D eigenvalue weighted by Crippen LogP contribution is -2.38. The molecule has 0 saturated heterocycles. The summed E-state index contributed by atoms with van der Waals surface area (Å²) < 4.78 is 27.1. The Labute approximate surface area is 150 Å². The molecule has 1 aromatic carbocycles. The molecule has 0 unspecified atom stereocenters. The van der Waals surface area contributed by atoms with E-state index >= 15 is 0 Å². The summed E-state index contributed by atoms with van der Waals surface area (Å²) in [6.07, 6.45) is 5.10. The Hall–Kier alpha value is -1.44. The van der Waals surface area contributed by atoms with Gasteiger partial charge in [-0.3, -0.25) is 4.79 Å². The molecular weight excluding hydrogens is 340 g/mol. The summed E-state index contributed by atoms with van der Waals surface area (Å²) in [5, 5.41) is 9.02. The third-order valence-corrected chi connectivity index (χ3v) is 6.83. The highest BCUT2D eigenvalue weighted by Gasteiger charge is 2.29. The van der Waals surface area contributed by atoms with Crippen molar-refractivity contribution in [3.63, 3.8) is 0 Å². The van der Waals surface area contributed by atoms with Crippen molar-refractivity contribution < 1.29 is 18.3 Å². The van der Waals surface area contributed by atoms with Crippen LogP contribution in [0.5, 0.6) is 0 Å². The fraction of sp³-hybridized carbons (Fsp3) is 0.611. The summed E-state index contributed by atoms with van der Waals surface area (Å²) in [5.74, 6) is -0.207. The lowest BCUT2D eigenvalue weighted by atomic mass is 9.96. The molecular formula is C18H28N2O4S.